The number of carbonyl (C=O) groups excluding carboxylic acids is 1. The molecule has 0 spiro atoms. The van der Waals surface area contributed by atoms with Crippen molar-refractivity contribution < 1.29 is 32.5 Å². The van der Waals surface area contributed by atoms with Gasteiger partial charge in [-0.1, -0.05) is 31.5 Å². The predicted molar refractivity (Wildman–Crippen MR) is 86.6 cm³/mol. The fraction of sp³-hybridized carbons (Fsp3) is 0.533. The fourth-order valence-electron chi connectivity index (χ4n) is 2.44. The summed E-state index contributed by atoms with van der Waals surface area (Å²) in [7, 11) is 0. The summed E-state index contributed by atoms with van der Waals surface area (Å²) in [6.45, 7) is 2.23. The van der Waals surface area contributed by atoms with Crippen LogP contribution in [0.15, 0.2) is 35.2 Å². The zero-order chi connectivity index (χ0) is 12.8. The van der Waals surface area contributed by atoms with Crippen LogP contribution in [0.1, 0.15) is 39.0 Å². The maximum atomic E-state index is 11.9. The minimum atomic E-state index is -0.0431. The van der Waals surface area contributed by atoms with E-state index in [-0.39, 0.29) is 35.4 Å². The molecule has 0 amide bonds. The van der Waals surface area contributed by atoms with E-state index in [1.54, 1.807) is 0 Å². The van der Waals surface area contributed by atoms with Crippen LogP contribution in [-0.2, 0) is 8.98 Å². The summed E-state index contributed by atoms with van der Waals surface area (Å²) in [6.07, 6.45) is 5.57. The predicted octanol–water partition coefficient (Wildman–Crippen LogP) is 5.22. The van der Waals surface area contributed by atoms with Gasteiger partial charge in [0.15, 0.2) is 0 Å². The lowest BCUT2D eigenvalue weighted by Gasteiger charge is -2.25. The molecule has 2 rings (SSSR count). The summed E-state index contributed by atoms with van der Waals surface area (Å²) in [4.78, 5) is 12.9. The summed E-state index contributed by atoms with van der Waals surface area (Å²) >= 11 is 1.18. The Morgan fingerprint density at radius 2 is 1.52 bits per heavy atom. The van der Waals surface area contributed by atoms with Crippen LogP contribution < -0.4 is 0 Å². The van der Waals surface area contributed by atoms with Crippen molar-refractivity contribution in [3.05, 3.63) is 30.3 Å². The highest BCUT2D eigenvalue weighted by Crippen LogP contribution is 2.32. The highest BCUT2D eigenvalue weighted by atomic mass is 32.2. The van der Waals surface area contributed by atoms with E-state index < -0.39 is 0 Å². The standard InChI is InChI=1S/C15H20O2S.5FH/c1-2-12-8-10-13(11-9-12)15(16)17-18-14-6-4-3-5-7-14;;;;;/h3-7,12-13H,2,8-11H2,1H3;5*1H. The van der Waals surface area contributed by atoms with E-state index in [0.29, 0.717) is 0 Å². The summed E-state index contributed by atoms with van der Waals surface area (Å²) in [5.41, 5.74) is 0. The van der Waals surface area contributed by atoms with Crippen molar-refractivity contribution in [2.75, 3.05) is 0 Å². The monoisotopic (exact) mass is 364 g/mol. The van der Waals surface area contributed by atoms with Crippen molar-refractivity contribution in [1.82, 2.24) is 0 Å². The van der Waals surface area contributed by atoms with Gasteiger partial charge in [0.05, 0.1) is 18.0 Å². The second kappa shape index (κ2) is 15.6. The quantitative estimate of drug-likeness (QED) is 0.541. The van der Waals surface area contributed by atoms with Crippen molar-refractivity contribution >= 4 is 18.0 Å². The molecular formula is C15H25F5O2S. The topological polar surface area (TPSA) is 26.3 Å². The van der Waals surface area contributed by atoms with Crippen molar-refractivity contribution in [1.29, 1.82) is 0 Å². The molecule has 0 saturated heterocycles. The molecule has 0 bridgehead atoms. The molecule has 138 valence electrons. The van der Waals surface area contributed by atoms with E-state index in [1.807, 2.05) is 30.3 Å². The van der Waals surface area contributed by atoms with Gasteiger partial charge >= 0.3 is 5.97 Å². The molecule has 1 aromatic rings. The van der Waals surface area contributed by atoms with Gasteiger partial charge in [0, 0.05) is 4.90 Å². The second-order valence-electron chi connectivity index (χ2n) is 4.92. The Bertz CT molecular complexity index is 387. The SMILES string of the molecule is CCC1CCC(C(=O)OSc2ccccc2)CC1.F.F.F.F.F. The number of rotatable bonds is 4. The Labute approximate surface area is 137 Å². The minimum absolute atomic E-state index is 0. The largest absolute Gasteiger partial charge is 0.386 e. The normalized spacial score (nSPS) is 18.5. The molecule has 8 heteroatoms. The third-order valence-corrected chi connectivity index (χ3v) is 4.43. The Morgan fingerprint density at radius 1 is 1.00 bits per heavy atom. The number of hydrogen-bond acceptors (Lipinski definition) is 3. The van der Waals surface area contributed by atoms with Gasteiger partial charge in [0.1, 0.15) is 0 Å². The Balaban J connectivity index is -0.000000361. The first-order chi connectivity index (χ1) is 8.79. The number of halogens is 5. The maximum absolute atomic E-state index is 11.9. The van der Waals surface area contributed by atoms with Crippen LogP contribution in [0.25, 0.3) is 0 Å². The smallest absolute Gasteiger partial charge is 0.321 e. The Kier molecular flexibility index (Phi) is 20.1. The maximum Gasteiger partial charge on any atom is 0.321 e. The zero-order valence-electron chi connectivity index (χ0n) is 12.8. The number of hydrogen-bond donors (Lipinski definition) is 0. The van der Waals surface area contributed by atoms with Gasteiger partial charge in [-0.15, -0.1) is 0 Å². The molecule has 1 saturated carbocycles. The van der Waals surface area contributed by atoms with Crippen LogP contribution >= 0.6 is 12.0 Å². The average Bonchev–Trinajstić information content (AvgIpc) is 2.46. The minimum Gasteiger partial charge on any atom is -0.386 e. The van der Waals surface area contributed by atoms with Gasteiger partial charge in [-0.3, -0.25) is 28.3 Å². The lowest BCUT2D eigenvalue weighted by Crippen LogP contribution is -2.22. The van der Waals surface area contributed by atoms with Gasteiger partial charge in [-0.05, 0) is 43.7 Å². The second-order valence-corrected chi connectivity index (χ2v) is 5.73. The molecule has 0 aliphatic heterocycles. The third kappa shape index (κ3) is 9.43. The summed E-state index contributed by atoms with van der Waals surface area (Å²) < 4.78 is 5.31. The molecule has 1 aromatic carbocycles. The molecule has 0 atom stereocenters. The van der Waals surface area contributed by atoms with Crippen LogP contribution in [0.2, 0.25) is 0 Å². The van der Waals surface area contributed by atoms with Gasteiger partial charge in [-0.25, -0.2) is 0 Å². The third-order valence-electron chi connectivity index (χ3n) is 3.72. The van der Waals surface area contributed by atoms with E-state index in [0.717, 1.165) is 23.7 Å². The lowest BCUT2D eigenvalue weighted by atomic mass is 9.81. The van der Waals surface area contributed by atoms with E-state index >= 15 is 0 Å². The van der Waals surface area contributed by atoms with Crippen LogP contribution in [0, 0.1) is 11.8 Å². The average molecular weight is 364 g/mol. The highest BCUT2D eigenvalue weighted by Gasteiger charge is 2.26. The van der Waals surface area contributed by atoms with Crippen LogP contribution in [0.3, 0.4) is 0 Å². The van der Waals surface area contributed by atoms with Gasteiger partial charge in [0.2, 0.25) is 0 Å². The first-order valence-electron chi connectivity index (χ1n) is 6.73. The van der Waals surface area contributed by atoms with Gasteiger partial charge in [0.25, 0.3) is 0 Å². The molecule has 1 fully saturated rings. The Morgan fingerprint density at radius 3 is 2.00 bits per heavy atom. The highest BCUT2D eigenvalue weighted by molar-refractivity contribution is 7.95. The first-order valence-corrected chi connectivity index (χ1v) is 7.47. The molecule has 1 aliphatic rings. The molecule has 2 nitrogen and oxygen atoms in total. The molecule has 0 aromatic heterocycles. The summed E-state index contributed by atoms with van der Waals surface area (Å²) in [6, 6.07) is 9.75. The fourth-order valence-corrected chi connectivity index (χ4v) is 3.02. The lowest BCUT2D eigenvalue weighted by molar-refractivity contribution is -0.138. The van der Waals surface area contributed by atoms with Crippen molar-refractivity contribution in [2.45, 2.75) is 43.9 Å². The van der Waals surface area contributed by atoms with Crippen LogP contribution in [0.4, 0.5) is 23.5 Å². The molecule has 0 unspecified atom stereocenters. The molecule has 1 aliphatic carbocycles. The number of benzene rings is 1. The summed E-state index contributed by atoms with van der Waals surface area (Å²) in [5.74, 6) is 0.887. The van der Waals surface area contributed by atoms with E-state index in [1.165, 1.54) is 31.3 Å². The molecule has 0 heterocycles. The van der Waals surface area contributed by atoms with Crippen molar-refractivity contribution in [3.63, 3.8) is 0 Å². The van der Waals surface area contributed by atoms with Crippen molar-refractivity contribution in [2.24, 2.45) is 11.8 Å². The zero-order valence-corrected chi connectivity index (χ0v) is 13.7. The van der Waals surface area contributed by atoms with Gasteiger partial charge in [-0.2, -0.15) is 0 Å². The van der Waals surface area contributed by atoms with Crippen LogP contribution in [-0.4, -0.2) is 5.97 Å². The number of carbonyl (C=O) groups is 1. The summed E-state index contributed by atoms with van der Waals surface area (Å²) in [5, 5.41) is 0. The first kappa shape index (κ1) is 29.7. The molecular weight excluding hydrogens is 339 g/mol. The van der Waals surface area contributed by atoms with E-state index in [4.69, 9.17) is 4.18 Å². The molecule has 23 heavy (non-hydrogen) atoms. The van der Waals surface area contributed by atoms with E-state index in [9.17, 15) is 4.79 Å². The molecule has 0 radical (unpaired) electrons. The Hall–Kier alpha value is -1.31. The molecule has 0 N–H and O–H groups in total. The van der Waals surface area contributed by atoms with Gasteiger partial charge < -0.3 is 4.18 Å². The van der Waals surface area contributed by atoms with E-state index in [2.05, 4.69) is 6.92 Å². The van der Waals surface area contributed by atoms with Crippen molar-refractivity contribution in [3.8, 4) is 0 Å². The van der Waals surface area contributed by atoms with Crippen LogP contribution in [0.5, 0.6) is 0 Å².